The summed E-state index contributed by atoms with van der Waals surface area (Å²) in [6.45, 7) is 2.01. The van der Waals surface area contributed by atoms with Gasteiger partial charge in [0.25, 0.3) is 0 Å². The van der Waals surface area contributed by atoms with Crippen LogP contribution in [-0.4, -0.2) is 10.9 Å². The molecule has 0 aromatic heterocycles. The van der Waals surface area contributed by atoms with Crippen LogP contribution in [0.25, 0.3) is 6.08 Å². The van der Waals surface area contributed by atoms with Crippen LogP contribution in [0, 0.1) is 5.82 Å². The van der Waals surface area contributed by atoms with Gasteiger partial charge in [-0.1, -0.05) is 36.7 Å². The summed E-state index contributed by atoms with van der Waals surface area (Å²) in [7, 11) is 0. The molecule has 80 valence electrons. The molecular formula is C12H14FNO. The molecule has 0 bridgehead atoms. The van der Waals surface area contributed by atoms with Crippen LogP contribution in [0.2, 0.25) is 0 Å². The smallest absolute Gasteiger partial charge is 0.123 e. The molecule has 0 aliphatic heterocycles. The van der Waals surface area contributed by atoms with Crippen molar-refractivity contribution in [2.45, 2.75) is 19.8 Å². The topological polar surface area (TPSA) is 32.6 Å². The zero-order valence-corrected chi connectivity index (χ0v) is 8.65. The minimum absolute atomic E-state index is 0.253. The summed E-state index contributed by atoms with van der Waals surface area (Å²) in [5.74, 6) is -0.253. The largest absolute Gasteiger partial charge is 0.411 e. The molecule has 0 fully saturated rings. The summed E-state index contributed by atoms with van der Waals surface area (Å²) in [6.07, 6.45) is 5.18. The first-order chi connectivity index (χ1) is 7.26. The van der Waals surface area contributed by atoms with Crippen molar-refractivity contribution >= 4 is 11.8 Å². The van der Waals surface area contributed by atoms with E-state index in [9.17, 15) is 4.39 Å². The molecule has 0 radical (unpaired) electrons. The van der Waals surface area contributed by atoms with E-state index in [1.165, 1.54) is 12.1 Å². The lowest BCUT2D eigenvalue weighted by Gasteiger charge is -1.95. The Labute approximate surface area is 88.7 Å². The molecule has 3 heteroatoms. The maximum atomic E-state index is 12.6. The predicted octanol–water partition coefficient (Wildman–Crippen LogP) is 3.47. The average molecular weight is 207 g/mol. The third-order valence-corrected chi connectivity index (χ3v) is 1.97. The molecule has 0 unspecified atom stereocenters. The second-order valence-electron chi connectivity index (χ2n) is 3.23. The van der Waals surface area contributed by atoms with Crippen LogP contribution >= 0.6 is 0 Å². The molecule has 0 saturated carbocycles. The van der Waals surface area contributed by atoms with E-state index in [1.54, 1.807) is 24.3 Å². The van der Waals surface area contributed by atoms with Crippen LogP contribution in [0.1, 0.15) is 25.3 Å². The van der Waals surface area contributed by atoms with E-state index in [0.29, 0.717) is 5.71 Å². The Balaban J connectivity index is 2.68. The number of nitrogens with zero attached hydrogens (tertiary/aromatic N) is 1. The third-order valence-electron chi connectivity index (χ3n) is 1.97. The van der Waals surface area contributed by atoms with Gasteiger partial charge in [0, 0.05) is 0 Å². The van der Waals surface area contributed by atoms with E-state index >= 15 is 0 Å². The van der Waals surface area contributed by atoms with Crippen molar-refractivity contribution in [3.63, 3.8) is 0 Å². The highest BCUT2D eigenvalue weighted by Crippen LogP contribution is 2.05. The summed E-state index contributed by atoms with van der Waals surface area (Å²) in [4.78, 5) is 0. The Kier molecular flexibility index (Phi) is 4.54. The standard InChI is InChI=1S/C12H14FNO/c1-2-3-12(14-15)9-6-10-4-7-11(13)8-5-10/h4-9,15H,2-3H2,1H3/b9-6+,14-12?. The highest BCUT2D eigenvalue weighted by Gasteiger charge is 1.93. The fourth-order valence-electron chi connectivity index (χ4n) is 1.19. The Bertz CT molecular complexity index is 354. The molecule has 1 aromatic rings. The van der Waals surface area contributed by atoms with Crippen molar-refractivity contribution in [1.29, 1.82) is 0 Å². The zero-order chi connectivity index (χ0) is 11.1. The van der Waals surface area contributed by atoms with Crippen molar-refractivity contribution in [2.24, 2.45) is 5.16 Å². The molecule has 0 spiro atoms. The first-order valence-electron chi connectivity index (χ1n) is 4.91. The Morgan fingerprint density at radius 2 is 2.07 bits per heavy atom. The van der Waals surface area contributed by atoms with Gasteiger partial charge in [0.2, 0.25) is 0 Å². The number of benzene rings is 1. The van der Waals surface area contributed by atoms with E-state index in [1.807, 2.05) is 6.92 Å². The van der Waals surface area contributed by atoms with Crippen molar-refractivity contribution in [2.75, 3.05) is 0 Å². The van der Waals surface area contributed by atoms with Gasteiger partial charge >= 0.3 is 0 Å². The maximum Gasteiger partial charge on any atom is 0.123 e. The molecule has 0 aliphatic rings. The zero-order valence-electron chi connectivity index (χ0n) is 8.65. The molecule has 0 aliphatic carbocycles. The van der Waals surface area contributed by atoms with Crippen LogP contribution in [0.15, 0.2) is 35.5 Å². The van der Waals surface area contributed by atoms with Crippen LogP contribution in [0.3, 0.4) is 0 Å². The van der Waals surface area contributed by atoms with Gasteiger partial charge in [-0.2, -0.15) is 0 Å². The van der Waals surface area contributed by atoms with E-state index in [-0.39, 0.29) is 5.82 Å². The second kappa shape index (κ2) is 5.96. The first kappa shape index (κ1) is 11.4. The third kappa shape index (κ3) is 3.94. The van der Waals surface area contributed by atoms with Crippen LogP contribution < -0.4 is 0 Å². The predicted molar refractivity (Wildman–Crippen MR) is 59.6 cm³/mol. The summed E-state index contributed by atoms with van der Waals surface area (Å²) in [5.41, 5.74) is 1.51. The lowest BCUT2D eigenvalue weighted by atomic mass is 10.1. The highest BCUT2D eigenvalue weighted by molar-refractivity contribution is 5.97. The van der Waals surface area contributed by atoms with Gasteiger partial charge in [-0.25, -0.2) is 4.39 Å². The van der Waals surface area contributed by atoms with Gasteiger partial charge < -0.3 is 5.21 Å². The molecule has 1 N–H and O–H groups in total. The minimum atomic E-state index is -0.253. The monoisotopic (exact) mass is 207 g/mol. The first-order valence-corrected chi connectivity index (χ1v) is 4.91. The van der Waals surface area contributed by atoms with E-state index in [2.05, 4.69) is 5.16 Å². The molecule has 1 rings (SSSR count). The SMILES string of the molecule is CCCC(/C=C/c1ccc(F)cc1)=NO. The summed E-state index contributed by atoms with van der Waals surface area (Å²) >= 11 is 0. The van der Waals surface area contributed by atoms with E-state index < -0.39 is 0 Å². The van der Waals surface area contributed by atoms with Gasteiger partial charge in [-0.3, -0.25) is 0 Å². The van der Waals surface area contributed by atoms with Crippen LogP contribution in [0.5, 0.6) is 0 Å². The molecule has 0 heterocycles. The number of hydrogen-bond donors (Lipinski definition) is 1. The highest BCUT2D eigenvalue weighted by atomic mass is 19.1. The molecule has 15 heavy (non-hydrogen) atoms. The summed E-state index contributed by atoms with van der Waals surface area (Å²) in [6, 6.07) is 6.14. The van der Waals surface area contributed by atoms with Gasteiger partial charge in [0.05, 0.1) is 5.71 Å². The fourth-order valence-corrected chi connectivity index (χ4v) is 1.19. The quantitative estimate of drug-likeness (QED) is 0.457. The van der Waals surface area contributed by atoms with Crippen molar-refractivity contribution in [1.82, 2.24) is 0 Å². The summed E-state index contributed by atoms with van der Waals surface area (Å²) in [5, 5.41) is 11.8. The van der Waals surface area contributed by atoms with Crippen molar-refractivity contribution in [3.05, 3.63) is 41.7 Å². The lowest BCUT2D eigenvalue weighted by Crippen LogP contribution is -1.91. The Hall–Kier alpha value is -1.64. The van der Waals surface area contributed by atoms with E-state index in [0.717, 1.165) is 18.4 Å². The molecule has 1 aromatic carbocycles. The molecule has 0 saturated heterocycles. The van der Waals surface area contributed by atoms with Crippen LogP contribution in [-0.2, 0) is 0 Å². The van der Waals surface area contributed by atoms with Crippen LogP contribution in [0.4, 0.5) is 4.39 Å². The number of halogens is 1. The molecular weight excluding hydrogens is 193 g/mol. The summed E-state index contributed by atoms with van der Waals surface area (Å²) < 4.78 is 12.6. The Morgan fingerprint density at radius 3 is 2.60 bits per heavy atom. The van der Waals surface area contributed by atoms with Crippen molar-refractivity contribution in [3.8, 4) is 0 Å². The number of oxime groups is 1. The molecule has 0 atom stereocenters. The number of hydrogen-bond acceptors (Lipinski definition) is 2. The van der Waals surface area contributed by atoms with Gasteiger partial charge in [-0.05, 0) is 30.2 Å². The lowest BCUT2D eigenvalue weighted by molar-refractivity contribution is 0.318. The Morgan fingerprint density at radius 1 is 1.40 bits per heavy atom. The van der Waals surface area contributed by atoms with E-state index in [4.69, 9.17) is 5.21 Å². The minimum Gasteiger partial charge on any atom is -0.411 e. The van der Waals surface area contributed by atoms with Gasteiger partial charge in [-0.15, -0.1) is 0 Å². The van der Waals surface area contributed by atoms with Crippen molar-refractivity contribution < 1.29 is 9.60 Å². The number of allylic oxidation sites excluding steroid dienone is 1. The molecule has 0 amide bonds. The van der Waals surface area contributed by atoms with Gasteiger partial charge in [0.1, 0.15) is 5.82 Å². The second-order valence-corrected chi connectivity index (χ2v) is 3.23. The molecule has 2 nitrogen and oxygen atoms in total. The number of rotatable bonds is 4. The maximum absolute atomic E-state index is 12.6. The fraction of sp³-hybridized carbons (Fsp3) is 0.250. The van der Waals surface area contributed by atoms with Gasteiger partial charge in [0.15, 0.2) is 0 Å². The normalized spacial score (nSPS) is 12.3. The average Bonchev–Trinajstić information content (AvgIpc) is 2.26.